The molecule has 0 spiro atoms. The van der Waals surface area contributed by atoms with Crippen molar-refractivity contribution in [3.8, 4) is 11.3 Å². The lowest BCUT2D eigenvalue weighted by Gasteiger charge is -2.10. The summed E-state index contributed by atoms with van der Waals surface area (Å²) in [5.41, 5.74) is 8.34. The lowest BCUT2D eigenvalue weighted by Crippen LogP contribution is -2.14. The van der Waals surface area contributed by atoms with Gasteiger partial charge in [-0.1, -0.05) is 0 Å². The first-order chi connectivity index (χ1) is 12.2. The average Bonchev–Trinajstić information content (AvgIpc) is 2.63. The Morgan fingerprint density at radius 3 is 2.48 bits per heavy atom. The molecule has 0 radical (unpaired) electrons. The SMILES string of the molecule is CCNc1nc(NC(=O)c2ccc(N)cc2)cc(-c2ccncc2)n1. The quantitative estimate of drug-likeness (QED) is 0.620. The molecule has 0 aliphatic carbocycles. The second-order valence-electron chi connectivity index (χ2n) is 5.30. The normalized spacial score (nSPS) is 10.3. The molecule has 0 atom stereocenters. The van der Waals surface area contributed by atoms with Crippen LogP contribution in [0.5, 0.6) is 0 Å². The van der Waals surface area contributed by atoms with Crippen LogP contribution in [0.2, 0.25) is 0 Å². The van der Waals surface area contributed by atoms with Crippen molar-refractivity contribution < 1.29 is 4.79 Å². The third kappa shape index (κ3) is 4.08. The minimum absolute atomic E-state index is 0.262. The molecule has 3 rings (SSSR count). The van der Waals surface area contributed by atoms with Crippen molar-refractivity contribution in [3.05, 3.63) is 60.4 Å². The minimum atomic E-state index is -0.262. The van der Waals surface area contributed by atoms with Crippen molar-refractivity contribution in [2.45, 2.75) is 6.92 Å². The monoisotopic (exact) mass is 334 g/mol. The highest BCUT2D eigenvalue weighted by Gasteiger charge is 2.11. The lowest BCUT2D eigenvalue weighted by molar-refractivity contribution is 0.102. The van der Waals surface area contributed by atoms with Crippen molar-refractivity contribution >= 4 is 23.4 Å². The zero-order valence-electron chi connectivity index (χ0n) is 13.7. The third-order valence-electron chi connectivity index (χ3n) is 3.45. The van der Waals surface area contributed by atoms with E-state index in [4.69, 9.17) is 5.73 Å². The number of carbonyl (C=O) groups excluding carboxylic acids is 1. The first-order valence-corrected chi connectivity index (χ1v) is 7.86. The van der Waals surface area contributed by atoms with Crippen molar-refractivity contribution in [1.82, 2.24) is 15.0 Å². The number of rotatable bonds is 5. The fraction of sp³-hybridized carbons (Fsp3) is 0.111. The van der Waals surface area contributed by atoms with Gasteiger partial charge in [-0.3, -0.25) is 9.78 Å². The van der Waals surface area contributed by atoms with E-state index in [9.17, 15) is 4.79 Å². The standard InChI is InChI=1S/C18H18N6O/c1-2-21-18-22-15(12-7-9-20-10-8-12)11-16(24-18)23-17(25)13-3-5-14(19)6-4-13/h3-11H,2,19H2,1H3,(H2,21,22,23,24,25). The van der Waals surface area contributed by atoms with Crippen molar-refractivity contribution in [2.24, 2.45) is 0 Å². The van der Waals surface area contributed by atoms with E-state index in [1.54, 1.807) is 42.7 Å². The van der Waals surface area contributed by atoms with Crippen molar-refractivity contribution in [1.29, 1.82) is 0 Å². The van der Waals surface area contributed by atoms with Gasteiger partial charge in [0, 0.05) is 41.8 Å². The molecule has 2 heterocycles. The molecule has 25 heavy (non-hydrogen) atoms. The van der Waals surface area contributed by atoms with Crippen LogP contribution >= 0.6 is 0 Å². The van der Waals surface area contributed by atoms with Gasteiger partial charge in [-0.25, -0.2) is 4.98 Å². The summed E-state index contributed by atoms with van der Waals surface area (Å²) in [5, 5.41) is 5.87. The highest BCUT2D eigenvalue weighted by molar-refractivity contribution is 6.04. The summed E-state index contributed by atoms with van der Waals surface area (Å²) < 4.78 is 0. The molecule has 0 bridgehead atoms. The molecule has 0 fully saturated rings. The van der Waals surface area contributed by atoms with Crippen LogP contribution in [0, 0.1) is 0 Å². The Labute approximate surface area is 145 Å². The zero-order chi connectivity index (χ0) is 17.6. The summed E-state index contributed by atoms with van der Waals surface area (Å²) in [6.45, 7) is 2.63. The molecular formula is C18H18N6O. The zero-order valence-corrected chi connectivity index (χ0v) is 13.7. The van der Waals surface area contributed by atoms with E-state index in [0.29, 0.717) is 35.3 Å². The number of pyridine rings is 1. The van der Waals surface area contributed by atoms with Crippen LogP contribution in [0.4, 0.5) is 17.5 Å². The van der Waals surface area contributed by atoms with Gasteiger partial charge in [0.2, 0.25) is 5.95 Å². The maximum absolute atomic E-state index is 12.4. The summed E-state index contributed by atoms with van der Waals surface area (Å²) in [5.74, 6) is 0.603. The van der Waals surface area contributed by atoms with Gasteiger partial charge in [0.25, 0.3) is 5.91 Å². The maximum atomic E-state index is 12.4. The number of nitrogen functional groups attached to an aromatic ring is 1. The summed E-state index contributed by atoms with van der Waals surface area (Å²) in [6.07, 6.45) is 3.38. The molecule has 126 valence electrons. The topological polar surface area (TPSA) is 106 Å². The molecule has 0 aliphatic rings. The number of amides is 1. The Morgan fingerprint density at radius 2 is 1.80 bits per heavy atom. The summed E-state index contributed by atoms with van der Waals surface area (Å²) in [4.78, 5) is 25.2. The maximum Gasteiger partial charge on any atom is 0.256 e. The fourth-order valence-electron chi connectivity index (χ4n) is 2.24. The number of hydrogen-bond acceptors (Lipinski definition) is 6. The molecular weight excluding hydrogens is 316 g/mol. The second-order valence-corrected chi connectivity index (χ2v) is 5.30. The molecule has 3 aromatic rings. The minimum Gasteiger partial charge on any atom is -0.399 e. The van der Waals surface area contributed by atoms with Gasteiger partial charge in [-0.2, -0.15) is 4.98 Å². The molecule has 1 aromatic carbocycles. The van der Waals surface area contributed by atoms with Crippen molar-refractivity contribution in [2.75, 3.05) is 22.9 Å². The molecule has 0 unspecified atom stereocenters. The van der Waals surface area contributed by atoms with Gasteiger partial charge in [0.05, 0.1) is 5.69 Å². The largest absolute Gasteiger partial charge is 0.399 e. The van der Waals surface area contributed by atoms with E-state index in [2.05, 4.69) is 25.6 Å². The van der Waals surface area contributed by atoms with Crippen LogP contribution in [0.15, 0.2) is 54.9 Å². The molecule has 7 nitrogen and oxygen atoms in total. The number of nitrogens with one attached hydrogen (secondary N) is 2. The van der Waals surface area contributed by atoms with Gasteiger partial charge in [-0.15, -0.1) is 0 Å². The number of aromatic nitrogens is 3. The Kier molecular flexibility index (Phi) is 4.84. The average molecular weight is 334 g/mol. The predicted molar refractivity (Wildman–Crippen MR) is 98.2 cm³/mol. The Bertz CT molecular complexity index is 864. The number of hydrogen-bond donors (Lipinski definition) is 3. The van der Waals surface area contributed by atoms with Gasteiger partial charge >= 0.3 is 0 Å². The van der Waals surface area contributed by atoms with Crippen LogP contribution in [0.1, 0.15) is 17.3 Å². The number of carbonyl (C=O) groups is 1. The smallest absolute Gasteiger partial charge is 0.256 e. The third-order valence-corrected chi connectivity index (χ3v) is 3.45. The number of nitrogens with zero attached hydrogens (tertiary/aromatic N) is 3. The van der Waals surface area contributed by atoms with E-state index in [0.717, 1.165) is 5.56 Å². The highest BCUT2D eigenvalue weighted by atomic mass is 16.1. The lowest BCUT2D eigenvalue weighted by atomic mass is 10.2. The fourth-order valence-corrected chi connectivity index (χ4v) is 2.24. The van der Waals surface area contributed by atoms with Gasteiger partial charge in [-0.05, 0) is 43.3 Å². The Morgan fingerprint density at radius 1 is 1.08 bits per heavy atom. The Balaban J connectivity index is 1.90. The van der Waals surface area contributed by atoms with Gasteiger partial charge in [0.15, 0.2) is 0 Å². The van der Waals surface area contributed by atoms with Crippen LogP contribution in [0.25, 0.3) is 11.3 Å². The molecule has 1 amide bonds. The molecule has 7 heteroatoms. The van der Waals surface area contributed by atoms with E-state index >= 15 is 0 Å². The van der Waals surface area contributed by atoms with Crippen molar-refractivity contribution in [3.63, 3.8) is 0 Å². The van der Waals surface area contributed by atoms with E-state index in [1.165, 1.54) is 0 Å². The van der Waals surface area contributed by atoms with Crippen LogP contribution in [0.3, 0.4) is 0 Å². The first-order valence-electron chi connectivity index (χ1n) is 7.86. The summed E-state index contributed by atoms with van der Waals surface area (Å²) in [6, 6.07) is 12.1. The highest BCUT2D eigenvalue weighted by Crippen LogP contribution is 2.21. The Hall–Kier alpha value is -3.48. The molecule has 0 aliphatic heterocycles. The first kappa shape index (κ1) is 16.4. The number of nitrogens with two attached hydrogens (primary N) is 1. The van der Waals surface area contributed by atoms with Crippen LogP contribution < -0.4 is 16.4 Å². The number of anilines is 3. The number of benzene rings is 1. The second kappa shape index (κ2) is 7.39. The molecule has 2 aromatic heterocycles. The van der Waals surface area contributed by atoms with E-state index < -0.39 is 0 Å². The summed E-state index contributed by atoms with van der Waals surface area (Å²) >= 11 is 0. The van der Waals surface area contributed by atoms with E-state index in [-0.39, 0.29) is 5.91 Å². The van der Waals surface area contributed by atoms with E-state index in [1.807, 2.05) is 19.1 Å². The van der Waals surface area contributed by atoms with Crippen LogP contribution in [-0.4, -0.2) is 27.4 Å². The van der Waals surface area contributed by atoms with Crippen LogP contribution in [-0.2, 0) is 0 Å². The van der Waals surface area contributed by atoms with Gasteiger partial charge in [0.1, 0.15) is 5.82 Å². The molecule has 0 saturated carbocycles. The van der Waals surface area contributed by atoms with Gasteiger partial charge < -0.3 is 16.4 Å². The predicted octanol–water partition coefficient (Wildman–Crippen LogP) is 2.80. The summed E-state index contributed by atoms with van der Waals surface area (Å²) in [7, 11) is 0. The molecule has 4 N–H and O–H groups in total. The molecule has 0 saturated heterocycles.